The van der Waals surface area contributed by atoms with E-state index in [1.165, 1.54) is 36.4 Å². The minimum atomic E-state index is -5.10. The van der Waals surface area contributed by atoms with E-state index < -0.39 is 35.2 Å². The number of nitrogens with one attached hydrogen (secondary N) is 1. The molecule has 6 nitrogen and oxygen atoms in total. The Balaban J connectivity index is 1.85. The Kier molecular flexibility index (Phi) is 6.21. The summed E-state index contributed by atoms with van der Waals surface area (Å²) in [4.78, 5) is 30.0. The van der Waals surface area contributed by atoms with Crippen LogP contribution >= 0.6 is 0 Å². The molecule has 1 atom stereocenters. The molecule has 4 rings (SSSR count). The van der Waals surface area contributed by atoms with Gasteiger partial charge in [0.1, 0.15) is 17.6 Å². The number of Topliss-reactive ketones (excluding diaryl/α,β-unsaturated/α-hetero) is 1. The van der Waals surface area contributed by atoms with Gasteiger partial charge in [0.05, 0.1) is 29.1 Å². The third-order valence-electron chi connectivity index (χ3n) is 5.23. The second kappa shape index (κ2) is 9.11. The van der Waals surface area contributed by atoms with Gasteiger partial charge in [-0.25, -0.2) is 4.98 Å². The third-order valence-corrected chi connectivity index (χ3v) is 5.23. The first-order valence-electron chi connectivity index (χ1n) is 10.4. The van der Waals surface area contributed by atoms with Gasteiger partial charge in [-0.3, -0.25) is 9.59 Å². The van der Waals surface area contributed by atoms with Crippen molar-refractivity contribution in [2.75, 3.05) is 6.61 Å². The standard InChI is InChI=1S/C25H19F3N2O4/c1-2-34-16-10-8-14(9-11-16)18-13-12-17-20(29-18)22(32)19(21(31)15-6-4-3-5-7-15)23(25(26,27)28)30-24(17)33/h3-13,22,32H,2H2,1H3,(H,30,33). The van der Waals surface area contributed by atoms with E-state index in [2.05, 4.69) is 4.98 Å². The molecule has 2 aromatic carbocycles. The van der Waals surface area contributed by atoms with Crippen LogP contribution in [0.1, 0.15) is 39.4 Å². The van der Waals surface area contributed by atoms with E-state index in [9.17, 15) is 27.9 Å². The number of aromatic nitrogens is 1. The molecule has 0 saturated heterocycles. The first kappa shape index (κ1) is 23.2. The highest BCUT2D eigenvalue weighted by Gasteiger charge is 2.45. The Morgan fingerprint density at radius 2 is 1.74 bits per heavy atom. The number of rotatable bonds is 5. The zero-order valence-electron chi connectivity index (χ0n) is 17.9. The van der Waals surface area contributed by atoms with Crippen LogP contribution in [-0.2, 0) is 0 Å². The molecule has 1 unspecified atom stereocenters. The Labute approximate surface area is 192 Å². The van der Waals surface area contributed by atoms with Gasteiger partial charge < -0.3 is 15.2 Å². The molecule has 0 aliphatic carbocycles. The van der Waals surface area contributed by atoms with Crippen molar-refractivity contribution in [2.24, 2.45) is 0 Å². The van der Waals surface area contributed by atoms with E-state index in [0.29, 0.717) is 23.6 Å². The number of aliphatic hydroxyl groups excluding tert-OH is 1. The number of nitrogens with zero attached hydrogens (tertiary/aromatic N) is 1. The molecule has 9 heteroatoms. The van der Waals surface area contributed by atoms with Crippen molar-refractivity contribution >= 4 is 11.7 Å². The second-order valence-corrected chi connectivity index (χ2v) is 7.42. The Hall–Kier alpha value is -3.98. The number of halogens is 3. The number of aliphatic hydroxyl groups is 1. The minimum Gasteiger partial charge on any atom is -0.494 e. The molecule has 0 bridgehead atoms. The summed E-state index contributed by atoms with van der Waals surface area (Å²) in [7, 11) is 0. The fraction of sp³-hybridized carbons (Fsp3) is 0.160. The highest BCUT2D eigenvalue weighted by Crippen LogP contribution is 2.38. The molecule has 3 aromatic rings. The molecule has 0 fully saturated rings. The van der Waals surface area contributed by atoms with Crippen molar-refractivity contribution < 1.29 is 32.6 Å². The molecule has 34 heavy (non-hydrogen) atoms. The average Bonchev–Trinajstić information content (AvgIpc) is 2.94. The highest BCUT2D eigenvalue weighted by atomic mass is 19.4. The maximum absolute atomic E-state index is 13.9. The normalized spacial score (nSPS) is 15.9. The van der Waals surface area contributed by atoms with Crippen molar-refractivity contribution in [3.05, 3.63) is 94.8 Å². The lowest BCUT2D eigenvalue weighted by Gasteiger charge is -2.18. The van der Waals surface area contributed by atoms with Gasteiger partial charge in [0.15, 0.2) is 5.78 Å². The second-order valence-electron chi connectivity index (χ2n) is 7.42. The van der Waals surface area contributed by atoms with Crippen LogP contribution in [0.5, 0.6) is 5.75 Å². The lowest BCUT2D eigenvalue weighted by atomic mass is 9.93. The molecule has 2 heterocycles. The van der Waals surface area contributed by atoms with E-state index in [1.807, 2.05) is 6.92 Å². The summed E-state index contributed by atoms with van der Waals surface area (Å²) in [5.41, 5.74) is -2.41. The van der Waals surface area contributed by atoms with E-state index in [-0.39, 0.29) is 16.8 Å². The fourth-order valence-electron chi connectivity index (χ4n) is 3.65. The molecule has 1 aliphatic heterocycles. The van der Waals surface area contributed by atoms with Gasteiger partial charge >= 0.3 is 6.18 Å². The average molecular weight is 468 g/mol. The number of fused-ring (bicyclic) bond motifs is 1. The van der Waals surface area contributed by atoms with Gasteiger partial charge in [-0.1, -0.05) is 30.3 Å². The quantitative estimate of drug-likeness (QED) is 0.534. The Bertz CT molecular complexity index is 1270. The number of alkyl halides is 3. The van der Waals surface area contributed by atoms with Crippen molar-refractivity contribution in [2.45, 2.75) is 19.2 Å². The Morgan fingerprint density at radius 1 is 1.06 bits per heavy atom. The maximum Gasteiger partial charge on any atom is 0.431 e. The number of allylic oxidation sites excluding steroid dienone is 1. The van der Waals surface area contributed by atoms with Crippen LogP contribution in [0, 0.1) is 0 Å². The highest BCUT2D eigenvalue weighted by molar-refractivity contribution is 6.11. The number of hydrogen-bond donors (Lipinski definition) is 2. The summed E-state index contributed by atoms with van der Waals surface area (Å²) in [5, 5.41) is 12.8. The van der Waals surface area contributed by atoms with Gasteiger partial charge in [0, 0.05) is 11.1 Å². The molecule has 0 saturated carbocycles. The van der Waals surface area contributed by atoms with Crippen LogP contribution < -0.4 is 10.1 Å². The molecule has 0 radical (unpaired) electrons. The molecule has 1 aromatic heterocycles. The number of carbonyl (C=O) groups is 2. The zero-order valence-corrected chi connectivity index (χ0v) is 17.9. The van der Waals surface area contributed by atoms with E-state index >= 15 is 0 Å². The van der Waals surface area contributed by atoms with Crippen molar-refractivity contribution in [3.8, 4) is 17.0 Å². The number of amides is 1. The number of hydrogen-bond acceptors (Lipinski definition) is 5. The maximum atomic E-state index is 13.9. The lowest BCUT2D eigenvalue weighted by molar-refractivity contribution is -0.0973. The van der Waals surface area contributed by atoms with Gasteiger partial charge in [-0.2, -0.15) is 13.2 Å². The molecule has 174 valence electrons. The first-order chi connectivity index (χ1) is 16.2. The van der Waals surface area contributed by atoms with Crippen LogP contribution in [0.4, 0.5) is 13.2 Å². The molecule has 1 amide bonds. The monoisotopic (exact) mass is 468 g/mol. The summed E-state index contributed by atoms with van der Waals surface area (Å²) in [5.74, 6) is -1.57. The zero-order chi connectivity index (χ0) is 24.5. The minimum absolute atomic E-state index is 0.0707. The Morgan fingerprint density at radius 3 is 2.35 bits per heavy atom. The first-order valence-corrected chi connectivity index (χ1v) is 10.4. The van der Waals surface area contributed by atoms with Gasteiger partial charge in [-0.05, 0) is 43.3 Å². The van der Waals surface area contributed by atoms with Gasteiger partial charge in [-0.15, -0.1) is 0 Å². The summed E-state index contributed by atoms with van der Waals surface area (Å²) in [6.07, 6.45) is -7.20. The number of carbonyl (C=O) groups excluding carboxylic acids is 2. The summed E-state index contributed by atoms with van der Waals surface area (Å²) < 4.78 is 47.1. The topological polar surface area (TPSA) is 88.5 Å². The van der Waals surface area contributed by atoms with E-state index in [1.54, 1.807) is 35.6 Å². The fourth-order valence-corrected chi connectivity index (χ4v) is 3.65. The lowest BCUT2D eigenvalue weighted by Crippen LogP contribution is -2.33. The number of pyridine rings is 1. The number of ketones is 1. The van der Waals surface area contributed by atoms with Crippen molar-refractivity contribution in [1.29, 1.82) is 0 Å². The third kappa shape index (κ3) is 4.42. The van der Waals surface area contributed by atoms with Gasteiger partial charge in [0.2, 0.25) is 0 Å². The summed E-state index contributed by atoms with van der Waals surface area (Å²) in [6.45, 7) is 2.31. The number of ether oxygens (including phenoxy) is 1. The number of benzene rings is 2. The van der Waals surface area contributed by atoms with Crippen LogP contribution in [0.3, 0.4) is 0 Å². The smallest absolute Gasteiger partial charge is 0.431 e. The van der Waals surface area contributed by atoms with Crippen LogP contribution in [0.2, 0.25) is 0 Å². The van der Waals surface area contributed by atoms with E-state index in [0.717, 1.165) is 0 Å². The largest absolute Gasteiger partial charge is 0.494 e. The summed E-state index contributed by atoms with van der Waals surface area (Å²) in [6, 6.07) is 16.7. The van der Waals surface area contributed by atoms with Crippen LogP contribution in [-0.4, -0.2) is 34.6 Å². The molecule has 0 spiro atoms. The summed E-state index contributed by atoms with van der Waals surface area (Å²) >= 11 is 0. The van der Waals surface area contributed by atoms with Crippen LogP contribution in [0.25, 0.3) is 11.3 Å². The van der Waals surface area contributed by atoms with Crippen LogP contribution in [0.15, 0.2) is 78.0 Å². The van der Waals surface area contributed by atoms with Crippen molar-refractivity contribution in [3.63, 3.8) is 0 Å². The van der Waals surface area contributed by atoms with E-state index in [4.69, 9.17) is 4.74 Å². The SMILES string of the molecule is CCOc1ccc(-c2ccc3c(n2)C(O)C(C(=O)c2ccccc2)=C(C(F)(F)F)NC3=O)cc1. The molecule has 1 aliphatic rings. The molecular weight excluding hydrogens is 449 g/mol. The predicted octanol–water partition coefficient (Wildman–Crippen LogP) is 4.62. The van der Waals surface area contributed by atoms with Crippen molar-refractivity contribution in [1.82, 2.24) is 10.3 Å². The predicted molar refractivity (Wildman–Crippen MR) is 117 cm³/mol. The van der Waals surface area contributed by atoms with Gasteiger partial charge in [0.25, 0.3) is 5.91 Å². The molecular formula is C25H19F3N2O4. The molecule has 2 N–H and O–H groups in total.